The molecule has 23 heteroatoms. The molecule has 34 heavy (non-hydrogen) atoms. The molecule has 1 aliphatic rings. The molecule has 2 rings (SSSR count). The summed E-state index contributed by atoms with van der Waals surface area (Å²) in [5.41, 5.74) is -3.55. The maximum absolute atomic E-state index is 12.6. The van der Waals surface area contributed by atoms with E-state index in [1.54, 1.807) is 4.98 Å². The summed E-state index contributed by atoms with van der Waals surface area (Å²) in [6.07, 6.45) is -8.59. The second-order valence-corrected chi connectivity index (χ2v) is 10.7. The van der Waals surface area contributed by atoms with Crippen molar-refractivity contribution < 1.29 is 74.5 Å². The van der Waals surface area contributed by atoms with Gasteiger partial charge in [0.15, 0.2) is 23.7 Å². The third-order valence-corrected chi connectivity index (χ3v) is 7.37. The van der Waals surface area contributed by atoms with Crippen LogP contribution in [0.1, 0.15) is 11.7 Å². The minimum atomic E-state index is -5.86. The Kier molecular flexibility index (Phi) is 8.09. The zero-order valence-electron chi connectivity index (χ0n) is 15.9. The molecule has 1 aromatic heterocycles. The van der Waals surface area contributed by atoms with Crippen molar-refractivity contribution in [3.63, 3.8) is 0 Å². The van der Waals surface area contributed by atoms with Gasteiger partial charge in [0, 0.05) is 6.20 Å². The molecule has 0 aliphatic carbocycles. The number of aromatic amines is 1. The first kappa shape index (κ1) is 28.4. The molecular formula is C11H14F3N2O15P3. The minimum absolute atomic E-state index is 0.0217. The Morgan fingerprint density at radius 3 is 2.21 bits per heavy atom. The van der Waals surface area contributed by atoms with Gasteiger partial charge in [0.2, 0.25) is 0 Å². The van der Waals surface area contributed by atoms with E-state index in [1.165, 1.54) is 0 Å². The van der Waals surface area contributed by atoms with Gasteiger partial charge in [-0.1, -0.05) is 0 Å². The van der Waals surface area contributed by atoms with Crippen LogP contribution in [0.4, 0.5) is 13.2 Å². The molecule has 0 spiro atoms. The highest BCUT2D eigenvalue weighted by molar-refractivity contribution is 7.66. The maximum atomic E-state index is 12.6. The van der Waals surface area contributed by atoms with E-state index in [9.17, 15) is 51.6 Å². The molecule has 0 saturated heterocycles. The number of rotatable bonds is 9. The molecule has 0 amide bonds. The van der Waals surface area contributed by atoms with Crippen LogP contribution in [0, 0.1) is 0 Å². The second-order valence-electron chi connectivity index (χ2n) is 6.24. The fraction of sp³-hybridized carbons (Fsp3) is 0.455. The number of ether oxygens (including phenoxy) is 1. The topological polar surface area (TPSA) is 264 Å². The number of alkyl halides is 3. The molecule has 0 saturated carbocycles. The number of hydrogen-bond acceptors (Lipinski definition) is 11. The average molecular weight is 564 g/mol. The predicted octanol–water partition coefficient (Wildman–Crippen LogP) is -0.356. The van der Waals surface area contributed by atoms with Crippen LogP contribution in [0.3, 0.4) is 0 Å². The molecule has 0 fully saturated rings. The van der Waals surface area contributed by atoms with Crippen molar-refractivity contribution >= 4 is 23.5 Å². The number of aromatic nitrogens is 2. The highest BCUT2D eigenvalue weighted by atomic mass is 31.3. The Morgan fingerprint density at radius 1 is 1.09 bits per heavy atom. The van der Waals surface area contributed by atoms with E-state index in [0.29, 0.717) is 6.20 Å². The zero-order chi connectivity index (χ0) is 26.3. The molecule has 3 unspecified atom stereocenters. The molecule has 0 aromatic carbocycles. The predicted molar refractivity (Wildman–Crippen MR) is 96.7 cm³/mol. The van der Waals surface area contributed by atoms with Gasteiger partial charge < -0.3 is 34.5 Å². The summed E-state index contributed by atoms with van der Waals surface area (Å²) >= 11 is 0. The lowest BCUT2D eigenvalue weighted by Crippen LogP contribution is -2.37. The molecule has 0 bridgehead atoms. The van der Waals surface area contributed by atoms with Crippen LogP contribution < -0.4 is 11.2 Å². The molecule has 194 valence electrons. The molecule has 0 radical (unpaired) electrons. The standard InChI is InChI=1S/C11H14F3N2O15P3/c12-11(13,14)3-16-1-4(9(19)15-10(16)20)8-7(18)6(17)5(29-8)2-28-33(24,25)31-34(26,27)30-32(21,22)23/h1,7-8,17-18H,2-3H2,(H,24,25)(H,26,27)(H,15,19,20)(H2,21,22,23)/t7?,8-/m0/s1. The summed E-state index contributed by atoms with van der Waals surface area (Å²) in [6, 6.07) is 0. The Morgan fingerprint density at radius 2 is 1.68 bits per heavy atom. The van der Waals surface area contributed by atoms with Crippen molar-refractivity contribution in [2.75, 3.05) is 6.61 Å². The van der Waals surface area contributed by atoms with E-state index >= 15 is 0 Å². The highest BCUT2D eigenvalue weighted by Gasteiger charge is 2.43. The van der Waals surface area contributed by atoms with Gasteiger partial charge in [0.1, 0.15) is 13.2 Å². The third-order valence-electron chi connectivity index (χ3n) is 3.59. The third kappa shape index (κ3) is 7.86. The number of halogens is 3. The lowest BCUT2D eigenvalue weighted by atomic mass is 10.1. The smallest absolute Gasteiger partial charge is 0.490 e. The van der Waals surface area contributed by atoms with Gasteiger partial charge in [-0.05, 0) is 0 Å². The number of hydrogen-bond donors (Lipinski definition) is 7. The van der Waals surface area contributed by atoms with Crippen LogP contribution in [-0.4, -0.2) is 58.2 Å². The highest BCUT2D eigenvalue weighted by Crippen LogP contribution is 2.66. The van der Waals surface area contributed by atoms with E-state index in [4.69, 9.17) is 19.4 Å². The van der Waals surface area contributed by atoms with Crippen LogP contribution in [0.2, 0.25) is 0 Å². The summed E-state index contributed by atoms with van der Waals surface area (Å²) in [7, 11) is -17.2. The fourth-order valence-corrected chi connectivity index (χ4v) is 5.39. The zero-order valence-corrected chi connectivity index (χ0v) is 18.6. The molecule has 1 aliphatic heterocycles. The Bertz CT molecular complexity index is 1230. The van der Waals surface area contributed by atoms with Crippen LogP contribution in [-0.2, 0) is 38.1 Å². The number of aliphatic hydroxyl groups excluding tert-OH is 2. The number of aliphatic hydroxyl groups is 2. The van der Waals surface area contributed by atoms with Gasteiger partial charge in [-0.25, -0.2) is 18.5 Å². The number of nitrogens with zero attached hydrogens (tertiary/aromatic N) is 1. The van der Waals surface area contributed by atoms with Crippen molar-refractivity contribution in [2.24, 2.45) is 0 Å². The Balaban J connectivity index is 2.19. The van der Waals surface area contributed by atoms with Crippen molar-refractivity contribution in [1.82, 2.24) is 9.55 Å². The molecule has 7 N–H and O–H groups in total. The molecule has 4 atom stereocenters. The maximum Gasteiger partial charge on any atom is 0.490 e. The van der Waals surface area contributed by atoms with Gasteiger partial charge in [-0.3, -0.25) is 18.9 Å². The summed E-state index contributed by atoms with van der Waals surface area (Å²) < 4.78 is 87.4. The van der Waals surface area contributed by atoms with Crippen LogP contribution in [0.15, 0.2) is 27.3 Å². The van der Waals surface area contributed by atoms with E-state index < -0.39 is 83.3 Å². The summed E-state index contributed by atoms with van der Waals surface area (Å²) in [5, 5.41) is 19.9. The SMILES string of the molecule is O=c1[nH]c(=O)n(CC(F)(F)F)cc1[C@@H]1OC(COP(=O)(O)OP(=O)(O)OP(=O)(O)O)=C(O)C1O. The Hall–Kier alpha value is -1.82. The van der Waals surface area contributed by atoms with Crippen molar-refractivity contribution in [3.05, 3.63) is 44.1 Å². The van der Waals surface area contributed by atoms with Gasteiger partial charge in [-0.15, -0.1) is 0 Å². The van der Waals surface area contributed by atoms with Gasteiger partial charge in [0.25, 0.3) is 5.56 Å². The lowest BCUT2D eigenvalue weighted by molar-refractivity contribution is -0.141. The summed E-state index contributed by atoms with van der Waals surface area (Å²) in [6.45, 7) is -3.18. The Labute approximate surface area is 184 Å². The first-order chi connectivity index (χ1) is 15.2. The molecule has 1 aromatic rings. The van der Waals surface area contributed by atoms with E-state index in [0.717, 1.165) is 0 Å². The quantitative estimate of drug-likeness (QED) is 0.189. The van der Waals surface area contributed by atoms with Crippen molar-refractivity contribution in [3.8, 4) is 0 Å². The normalized spacial score (nSPS) is 22.8. The first-order valence-corrected chi connectivity index (χ1v) is 12.7. The minimum Gasteiger partial charge on any atom is -0.506 e. The van der Waals surface area contributed by atoms with E-state index in [2.05, 4.69) is 13.1 Å². The van der Waals surface area contributed by atoms with Crippen LogP contribution in [0.25, 0.3) is 0 Å². The first-order valence-electron chi connectivity index (χ1n) is 8.15. The molecule has 17 nitrogen and oxygen atoms in total. The number of phosphoric ester groups is 1. The van der Waals surface area contributed by atoms with Gasteiger partial charge in [-0.2, -0.15) is 21.8 Å². The van der Waals surface area contributed by atoms with Crippen molar-refractivity contribution in [2.45, 2.75) is 24.9 Å². The van der Waals surface area contributed by atoms with Crippen molar-refractivity contribution in [1.29, 1.82) is 0 Å². The van der Waals surface area contributed by atoms with E-state index in [-0.39, 0.29) is 4.57 Å². The van der Waals surface area contributed by atoms with Gasteiger partial charge >= 0.3 is 35.3 Å². The molecule has 2 heterocycles. The molecular weight excluding hydrogens is 550 g/mol. The lowest BCUT2D eigenvalue weighted by Gasteiger charge is -2.18. The van der Waals surface area contributed by atoms with Gasteiger partial charge in [0.05, 0.1) is 5.56 Å². The number of H-pyrrole nitrogens is 1. The largest absolute Gasteiger partial charge is 0.506 e. The average Bonchev–Trinajstić information content (AvgIpc) is 2.86. The van der Waals surface area contributed by atoms with Crippen LogP contribution >= 0.6 is 23.5 Å². The fourth-order valence-electron chi connectivity index (χ4n) is 2.41. The van der Waals surface area contributed by atoms with Crippen LogP contribution in [0.5, 0.6) is 0 Å². The monoisotopic (exact) mass is 564 g/mol. The summed E-state index contributed by atoms with van der Waals surface area (Å²) in [4.78, 5) is 60.4. The second kappa shape index (κ2) is 9.67. The van der Waals surface area contributed by atoms with E-state index in [1.807, 2.05) is 0 Å². The number of phosphoric acid groups is 3. The summed E-state index contributed by atoms with van der Waals surface area (Å²) in [5.74, 6) is -2.07. The number of nitrogens with one attached hydrogen (secondary N) is 1.